The van der Waals surface area contributed by atoms with E-state index >= 15 is 0 Å². The molecule has 1 aromatic rings. The summed E-state index contributed by atoms with van der Waals surface area (Å²) in [6.45, 7) is 0.329. The van der Waals surface area contributed by atoms with Crippen molar-refractivity contribution >= 4 is 27.5 Å². The minimum atomic E-state index is -3.49. The Hall–Kier alpha value is -1.15. The van der Waals surface area contributed by atoms with Crippen LogP contribution in [-0.4, -0.2) is 20.9 Å². The predicted octanol–water partition coefficient (Wildman–Crippen LogP) is 1.17. The molecule has 1 amide bonds. The Morgan fingerprint density at radius 1 is 1.15 bits per heavy atom. The Morgan fingerprint density at radius 3 is 2.40 bits per heavy atom. The van der Waals surface area contributed by atoms with E-state index in [9.17, 15) is 13.2 Å². The summed E-state index contributed by atoms with van der Waals surface area (Å²) in [5.41, 5.74) is 2.04. The number of hydrogen-bond donors (Lipinski definition) is 3. The van der Waals surface area contributed by atoms with Crippen molar-refractivity contribution in [2.75, 3.05) is 6.54 Å². The highest BCUT2D eigenvalue weighted by Gasteiger charge is 2.12. The summed E-state index contributed by atoms with van der Waals surface area (Å²) >= 11 is 5.70. The summed E-state index contributed by atoms with van der Waals surface area (Å²) in [7, 11) is -3.49. The smallest absolute Gasteiger partial charge is 0.240 e. The van der Waals surface area contributed by atoms with E-state index in [-0.39, 0.29) is 10.8 Å². The van der Waals surface area contributed by atoms with Crippen LogP contribution in [0.15, 0.2) is 29.2 Å². The molecule has 4 N–H and O–H groups in total. The van der Waals surface area contributed by atoms with Gasteiger partial charge in [-0.3, -0.25) is 10.2 Å². The van der Waals surface area contributed by atoms with Crippen molar-refractivity contribution in [2.24, 2.45) is 5.84 Å². The number of carbonyl (C=O) groups is 1. The zero-order valence-electron chi connectivity index (χ0n) is 10.9. The fourth-order valence-electron chi connectivity index (χ4n) is 1.56. The van der Waals surface area contributed by atoms with Crippen LogP contribution in [0.5, 0.6) is 0 Å². The average Bonchev–Trinajstić information content (AvgIpc) is 2.42. The molecule has 20 heavy (non-hydrogen) atoms. The Morgan fingerprint density at radius 2 is 1.80 bits per heavy atom. The number of carbonyl (C=O) groups excluding carboxylic acids is 1. The van der Waals surface area contributed by atoms with Gasteiger partial charge >= 0.3 is 0 Å². The van der Waals surface area contributed by atoms with E-state index < -0.39 is 10.0 Å². The minimum absolute atomic E-state index is 0.185. The first kappa shape index (κ1) is 16.9. The lowest BCUT2D eigenvalue weighted by molar-refractivity contribution is -0.121. The number of halogens is 1. The number of rotatable bonds is 8. The number of nitrogens with two attached hydrogens (primary N) is 1. The number of hydrogen-bond acceptors (Lipinski definition) is 4. The lowest BCUT2D eigenvalue weighted by Gasteiger charge is -2.06. The first-order valence-corrected chi connectivity index (χ1v) is 8.06. The summed E-state index contributed by atoms with van der Waals surface area (Å²) in [6, 6.07) is 5.97. The molecule has 0 spiro atoms. The summed E-state index contributed by atoms with van der Waals surface area (Å²) in [4.78, 5) is 11.0. The second-order valence-corrected chi connectivity index (χ2v) is 6.43. The maximum absolute atomic E-state index is 11.9. The van der Waals surface area contributed by atoms with Crippen LogP contribution in [0.2, 0.25) is 5.02 Å². The molecule has 0 aliphatic carbocycles. The molecule has 1 rings (SSSR count). The largest absolute Gasteiger partial charge is 0.294 e. The van der Waals surface area contributed by atoms with E-state index in [1.807, 2.05) is 5.43 Å². The second-order valence-electron chi connectivity index (χ2n) is 4.23. The van der Waals surface area contributed by atoms with E-state index in [0.29, 0.717) is 30.8 Å². The van der Waals surface area contributed by atoms with Crippen molar-refractivity contribution in [1.29, 1.82) is 0 Å². The number of unbranched alkanes of at least 4 members (excludes halogenated alkanes) is 2. The minimum Gasteiger partial charge on any atom is -0.294 e. The Labute approximate surface area is 123 Å². The summed E-state index contributed by atoms with van der Waals surface area (Å²) < 4.78 is 26.3. The molecule has 112 valence electrons. The van der Waals surface area contributed by atoms with Crippen molar-refractivity contribution in [3.8, 4) is 0 Å². The third-order valence-corrected chi connectivity index (χ3v) is 4.39. The maximum Gasteiger partial charge on any atom is 0.240 e. The zero-order chi connectivity index (χ0) is 15.0. The lowest BCUT2D eigenvalue weighted by atomic mass is 10.2. The molecule has 0 unspecified atom stereocenters. The highest BCUT2D eigenvalue weighted by molar-refractivity contribution is 7.89. The molecule has 0 radical (unpaired) electrons. The van der Waals surface area contributed by atoms with Crippen molar-refractivity contribution in [1.82, 2.24) is 10.1 Å². The van der Waals surface area contributed by atoms with Crippen LogP contribution in [0.3, 0.4) is 0 Å². The Balaban J connectivity index is 2.30. The number of benzene rings is 1. The van der Waals surface area contributed by atoms with E-state index in [1.165, 1.54) is 24.3 Å². The van der Waals surface area contributed by atoms with Crippen molar-refractivity contribution in [3.05, 3.63) is 29.3 Å². The van der Waals surface area contributed by atoms with Crippen LogP contribution >= 0.6 is 11.6 Å². The molecule has 0 aliphatic rings. The molecule has 0 saturated heterocycles. The monoisotopic (exact) mass is 319 g/mol. The van der Waals surface area contributed by atoms with Gasteiger partial charge in [-0.25, -0.2) is 19.0 Å². The maximum atomic E-state index is 11.9. The molecule has 0 aliphatic heterocycles. The Bertz CT molecular complexity index is 531. The fourth-order valence-corrected chi connectivity index (χ4v) is 2.76. The third kappa shape index (κ3) is 5.87. The molecule has 0 bridgehead atoms. The molecule has 1 aromatic carbocycles. The molecular weight excluding hydrogens is 302 g/mol. The predicted molar refractivity (Wildman–Crippen MR) is 77.4 cm³/mol. The first-order chi connectivity index (χ1) is 9.45. The highest BCUT2D eigenvalue weighted by Crippen LogP contribution is 2.13. The van der Waals surface area contributed by atoms with Gasteiger partial charge in [-0.15, -0.1) is 0 Å². The van der Waals surface area contributed by atoms with Crippen LogP contribution in [0, 0.1) is 0 Å². The zero-order valence-corrected chi connectivity index (χ0v) is 12.5. The van der Waals surface area contributed by atoms with Crippen LogP contribution < -0.4 is 16.0 Å². The van der Waals surface area contributed by atoms with Crippen LogP contribution in [-0.2, 0) is 14.8 Å². The molecule has 0 aromatic heterocycles. The molecule has 0 fully saturated rings. The molecule has 0 atom stereocenters. The normalized spacial score (nSPS) is 11.3. The summed E-state index contributed by atoms with van der Waals surface area (Å²) in [6.07, 6.45) is 2.42. The highest BCUT2D eigenvalue weighted by atomic mass is 35.5. The van der Waals surface area contributed by atoms with Crippen molar-refractivity contribution in [3.63, 3.8) is 0 Å². The van der Waals surface area contributed by atoms with Gasteiger partial charge < -0.3 is 0 Å². The van der Waals surface area contributed by atoms with Gasteiger partial charge in [-0.2, -0.15) is 0 Å². The molecule has 6 nitrogen and oxygen atoms in total. The van der Waals surface area contributed by atoms with Gasteiger partial charge in [-0.1, -0.05) is 18.0 Å². The first-order valence-electron chi connectivity index (χ1n) is 6.20. The molecular formula is C12H18ClN3O3S. The van der Waals surface area contributed by atoms with Gasteiger partial charge in [0.2, 0.25) is 15.9 Å². The lowest BCUT2D eigenvalue weighted by Crippen LogP contribution is -2.29. The molecule has 8 heteroatoms. The van der Waals surface area contributed by atoms with E-state index in [1.54, 1.807) is 0 Å². The number of sulfonamides is 1. The topological polar surface area (TPSA) is 101 Å². The van der Waals surface area contributed by atoms with Gasteiger partial charge in [0, 0.05) is 18.0 Å². The van der Waals surface area contributed by atoms with Crippen LogP contribution in [0.1, 0.15) is 25.7 Å². The quantitative estimate of drug-likeness (QED) is 0.290. The molecule has 0 heterocycles. The second kappa shape index (κ2) is 8.21. The van der Waals surface area contributed by atoms with E-state index in [0.717, 1.165) is 6.42 Å². The van der Waals surface area contributed by atoms with Crippen molar-refractivity contribution in [2.45, 2.75) is 30.6 Å². The van der Waals surface area contributed by atoms with Gasteiger partial charge in [0.05, 0.1) is 4.90 Å². The van der Waals surface area contributed by atoms with Crippen LogP contribution in [0.4, 0.5) is 0 Å². The van der Waals surface area contributed by atoms with Crippen molar-refractivity contribution < 1.29 is 13.2 Å². The van der Waals surface area contributed by atoms with Gasteiger partial charge in [0.15, 0.2) is 0 Å². The van der Waals surface area contributed by atoms with Gasteiger partial charge in [0.25, 0.3) is 0 Å². The standard InChI is InChI=1S/C12H18ClN3O3S/c13-10-5-7-11(8-6-10)20(18,19)15-9-3-1-2-4-12(17)16-14/h5-8,15H,1-4,9,14H2,(H,16,17). The fraction of sp³-hybridized carbons (Fsp3) is 0.417. The summed E-state index contributed by atoms with van der Waals surface area (Å²) in [5, 5.41) is 0.488. The SMILES string of the molecule is NNC(=O)CCCCCNS(=O)(=O)c1ccc(Cl)cc1. The van der Waals surface area contributed by atoms with Crippen LogP contribution in [0.25, 0.3) is 0 Å². The van der Waals surface area contributed by atoms with Gasteiger partial charge in [0.1, 0.15) is 0 Å². The number of nitrogens with one attached hydrogen (secondary N) is 2. The number of hydrazine groups is 1. The summed E-state index contributed by atoms with van der Waals surface area (Å²) in [5.74, 6) is 4.73. The Kier molecular flexibility index (Phi) is 6.94. The van der Waals surface area contributed by atoms with E-state index in [2.05, 4.69) is 4.72 Å². The molecule has 0 saturated carbocycles. The van der Waals surface area contributed by atoms with E-state index in [4.69, 9.17) is 17.4 Å². The number of amides is 1. The average molecular weight is 320 g/mol. The van der Waals surface area contributed by atoms with Gasteiger partial charge in [-0.05, 0) is 37.1 Å². The third-order valence-electron chi connectivity index (χ3n) is 2.66.